The van der Waals surface area contributed by atoms with E-state index in [0.717, 1.165) is 42.0 Å². The van der Waals surface area contributed by atoms with Crippen LogP contribution in [0, 0.1) is 17.6 Å². The third-order valence-corrected chi connectivity index (χ3v) is 5.95. The molecular formula is C20H18ClF2NOS. The van der Waals surface area contributed by atoms with Crippen molar-refractivity contribution >= 4 is 35.0 Å². The van der Waals surface area contributed by atoms with Gasteiger partial charge in [0, 0.05) is 28.0 Å². The lowest BCUT2D eigenvalue weighted by atomic mass is 9.97. The predicted octanol–water partition coefficient (Wildman–Crippen LogP) is 6.32. The molecule has 0 aliphatic heterocycles. The van der Waals surface area contributed by atoms with Crippen molar-refractivity contribution in [2.45, 2.75) is 24.2 Å². The Morgan fingerprint density at radius 1 is 1.15 bits per heavy atom. The molecule has 1 aliphatic carbocycles. The smallest absolute Gasteiger partial charge is 0.255 e. The lowest BCUT2D eigenvalue weighted by molar-refractivity contribution is 0.102. The quantitative estimate of drug-likeness (QED) is 0.475. The molecule has 0 radical (unpaired) electrons. The Bertz CT molecular complexity index is 841. The van der Waals surface area contributed by atoms with E-state index in [1.54, 1.807) is 30.0 Å². The number of nitrogens with one attached hydrogen (secondary N) is 1. The maximum absolute atomic E-state index is 13.3. The number of hydrogen-bond acceptors (Lipinski definition) is 2. The van der Waals surface area contributed by atoms with Crippen molar-refractivity contribution in [3.05, 3.63) is 70.8 Å². The summed E-state index contributed by atoms with van der Waals surface area (Å²) in [6, 6.07) is 8.29. The van der Waals surface area contributed by atoms with Gasteiger partial charge in [-0.2, -0.15) is 0 Å². The highest BCUT2D eigenvalue weighted by Gasteiger charge is 2.14. The van der Waals surface area contributed by atoms with E-state index in [0.29, 0.717) is 16.5 Å². The zero-order chi connectivity index (χ0) is 18.5. The van der Waals surface area contributed by atoms with Crippen LogP contribution in [0.25, 0.3) is 0 Å². The predicted molar refractivity (Wildman–Crippen MR) is 103 cm³/mol. The molecule has 136 valence electrons. The number of hydrogen-bond donors (Lipinski definition) is 1. The largest absolute Gasteiger partial charge is 0.322 e. The second-order valence-electron chi connectivity index (χ2n) is 6.19. The first kappa shape index (κ1) is 18.9. The van der Waals surface area contributed by atoms with Gasteiger partial charge in [0.2, 0.25) is 0 Å². The van der Waals surface area contributed by atoms with E-state index >= 15 is 0 Å². The summed E-state index contributed by atoms with van der Waals surface area (Å²) in [5.41, 5.74) is 0.622. The number of halogens is 3. The van der Waals surface area contributed by atoms with Crippen molar-refractivity contribution in [3.63, 3.8) is 0 Å². The fourth-order valence-corrected chi connectivity index (χ4v) is 4.16. The average molecular weight is 394 g/mol. The first-order chi connectivity index (χ1) is 12.5. The first-order valence-corrected chi connectivity index (χ1v) is 9.73. The molecule has 0 bridgehead atoms. The molecule has 6 heteroatoms. The van der Waals surface area contributed by atoms with Crippen LogP contribution in [0.2, 0.25) is 5.02 Å². The van der Waals surface area contributed by atoms with Crippen LogP contribution >= 0.6 is 23.4 Å². The Morgan fingerprint density at radius 3 is 2.73 bits per heavy atom. The molecule has 0 saturated carbocycles. The number of amides is 1. The van der Waals surface area contributed by atoms with E-state index in [-0.39, 0.29) is 5.69 Å². The molecular weight excluding hydrogens is 376 g/mol. The van der Waals surface area contributed by atoms with Gasteiger partial charge in [-0.3, -0.25) is 4.79 Å². The van der Waals surface area contributed by atoms with Crippen LogP contribution in [0.4, 0.5) is 14.5 Å². The minimum Gasteiger partial charge on any atom is -0.322 e. The summed E-state index contributed by atoms with van der Waals surface area (Å²) in [6.45, 7) is 0. The molecule has 2 aromatic carbocycles. The maximum atomic E-state index is 13.3. The van der Waals surface area contributed by atoms with E-state index in [1.165, 1.54) is 6.07 Å². The van der Waals surface area contributed by atoms with E-state index in [9.17, 15) is 13.6 Å². The second-order valence-corrected chi connectivity index (χ2v) is 7.66. The third-order valence-electron chi connectivity index (χ3n) is 4.22. The van der Waals surface area contributed by atoms with Crippen molar-refractivity contribution < 1.29 is 13.6 Å². The van der Waals surface area contributed by atoms with Gasteiger partial charge in [0.05, 0.1) is 5.02 Å². The van der Waals surface area contributed by atoms with Crippen molar-refractivity contribution in [2.75, 3.05) is 11.1 Å². The van der Waals surface area contributed by atoms with E-state index in [1.807, 2.05) is 0 Å². The molecule has 0 heterocycles. The van der Waals surface area contributed by atoms with Gasteiger partial charge in [0.25, 0.3) is 5.91 Å². The van der Waals surface area contributed by atoms with Crippen LogP contribution in [0.5, 0.6) is 0 Å². The SMILES string of the molecule is O=C(Nc1ccc(F)c(F)c1)c1ccc(Cl)c(SCC2CC=CCC2)c1. The lowest BCUT2D eigenvalue weighted by Gasteiger charge is -2.17. The summed E-state index contributed by atoms with van der Waals surface area (Å²) < 4.78 is 26.3. The van der Waals surface area contributed by atoms with Crippen LogP contribution in [-0.4, -0.2) is 11.7 Å². The summed E-state index contributed by atoms with van der Waals surface area (Å²) >= 11 is 7.90. The van der Waals surface area contributed by atoms with Crippen molar-refractivity contribution in [3.8, 4) is 0 Å². The van der Waals surface area contributed by atoms with Gasteiger partial charge in [0.1, 0.15) is 0 Å². The number of benzene rings is 2. The van der Waals surface area contributed by atoms with Gasteiger partial charge in [0.15, 0.2) is 11.6 Å². The molecule has 26 heavy (non-hydrogen) atoms. The maximum Gasteiger partial charge on any atom is 0.255 e. The van der Waals surface area contributed by atoms with Crippen LogP contribution in [-0.2, 0) is 0 Å². The van der Waals surface area contributed by atoms with E-state index in [4.69, 9.17) is 11.6 Å². The topological polar surface area (TPSA) is 29.1 Å². The number of carbonyl (C=O) groups is 1. The normalized spacial score (nSPS) is 16.5. The van der Waals surface area contributed by atoms with Crippen LogP contribution in [0.3, 0.4) is 0 Å². The number of anilines is 1. The molecule has 1 amide bonds. The average Bonchev–Trinajstić information content (AvgIpc) is 2.65. The number of thioether (sulfide) groups is 1. The van der Waals surface area contributed by atoms with Gasteiger partial charge in [-0.25, -0.2) is 8.78 Å². The number of rotatable bonds is 5. The fourth-order valence-electron chi connectivity index (χ4n) is 2.75. The molecule has 2 nitrogen and oxygen atoms in total. The minimum absolute atomic E-state index is 0.201. The lowest BCUT2D eigenvalue weighted by Crippen LogP contribution is -2.12. The highest BCUT2D eigenvalue weighted by molar-refractivity contribution is 7.99. The zero-order valence-corrected chi connectivity index (χ0v) is 15.5. The van der Waals surface area contributed by atoms with Crippen molar-refractivity contribution in [1.29, 1.82) is 0 Å². The molecule has 2 aromatic rings. The molecule has 1 aliphatic rings. The Balaban J connectivity index is 1.68. The molecule has 1 atom stereocenters. The highest BCUT2D eigenvalue weighted by Crippen LogP contribution is 2.32. The number of allylic oxidation sites excluding steroid dienone is 2. The molecule has 1 unspecified atom stereocenters. The Hall–Kier alpha value is -1.85. The summed E-state index contributed by atoms with van der Waals surface area (Å²) in [4.78, 5) is 13.2. The Morgan fingerprint density at radius 2 is 2.00 bits per heavy atom. The molecule has 0 spiro atoms. The zero-order valence-electron chi connectivity index (χ0n) is 14.0. The molecule has 0 saturated heterocycles. The third kappa shape index (κ3) is 4.86. The summed E-state index contributed by atoms with van der Waals surface area (Å²) in [7, 11) is 0. The van der Waals surface area contributed by atoms with Crippen LogP contribution < -0.4 is 5.32 Å². The molecule has 0 fully saturated rings. The first-order valence-electron chi connectivity index (χ1n) is 8.36. The van der Waals surface area contributed by atoms with Crippen molar-refractivity contribution in [1.82, 2.24) is 0 Å². The van der Waals surface area contributed by atoms with Gasteiger partial charge in [-0.15, -0.1) is 11.8 Å². The van der Waals surface area contributed by atoms with Gasteiger partial charge in [-0.05, 0) is 55.5 Å². The molecule has 0 aromatic heterocycles. The summed E-state index contributed by atoms with van der Waals surface area (Å²) in [6.07, 6.45) is 7.76. The summed E-state index contributed by atoms with van der Waals surface area (Å²) in [5, 5.41) is 3.17. The monoisotopic (exact) mass is 393 g/mol. The second kappa shape index (κ2) is 8.69. The molecule has 1 N–H and O–H groups in total. The fraction of sp³-hybridized carbons (Fsp3) is 0.250. The van der Waals surface area contributed by atoms with Gasteiger partial charge >= 0.3 is 0 Å². The van der Waals surface area contributed by atoms with E-state index < -0.39 is 17.5 Å². The van der Waals surface area contributed by atoms with Crippen LogP contribution in [0.15, 0.2) is 53.4 Å². The standard InChI is InChI=1S/C20H18ClF2NOS/c21-16-8-6-14(10-19(16)26-12-13-4-2-1-3-5-13)20(25)24-15-7-9-17(22)18(23)11-15/h1-2,6-11,13H,3-5,12H2,(H,24,25). The van der Waals surface area contributed by atoms with Gasteiger partial charge in [-0.1, -0.05) is 23.8 Å². The highest BCUT2D eigenvalue weighted by atomic mass is 35.5. The number of carbonyl (C=O) groups excluding carboxylic acids is 1. The Kier molecular flexibility index (Phi) is 6.33. The van der Waals surface area contributed by atoms with Crippen LogP contribution in [0.1, 0.15) is 29.6 Å². The minimum atomic E-state index is -1.00. The van der Waals surface area contributed by atoms with E-state index in [2.05, 4.69) is 17.5 Å². The van der Waals surface area contributed by atoms with Crippen molar-refractivity contribution in [2.24, 2.45) is 5.92 Å². The Labute approximate surface area is 160 Å². The van der Waals surface area contributed by atoms with Gasteiger partial charge < -0.3 is 5.32 Å². The molecule has 3 rings (SSSR count). The summed E-state index contributed by atoms with van der Waals surface area (Å²) in [5.74, 6) is -0.795.